The molecule has 0 radical (unpaired) electrons. The zero-order valence-corrected chi connectivity index (χ0v) is 20.3. The fraction of sp³-hybridized carbons (Fsp3) is 0.138. The van der Waals surface area contributed by atoms with Gasteiger partial charge in [0, 0.05) is 28.1 Å². The van der Waals surface area contributed by atoms with Crippen molar-refractivity contribution in [1.82, 2.24) is 10.3 Å². The summed E-state index contributed by atoms with van der Waals surface area (Å²) < 4.78 is 20.7. The van der Waals surface area contributed by atoms with Crippen molar-refractivity contribution in [3.8, 4) is 11.1 Å². The molecule has 0 unspecified atom stereocenters. The van der Waals surface area contributed by atoms with Crippen LogP contribution in [0.4, 0.5) is 9.18 Å². The molecule has 0 saturated heterocycles. The fourth-order valence-electron chi connectivity index (χ4n) is 4.47. The average Bonchev–Trinajstić information content (AvgIpc) is 3.23. The van der Waals surface area contributed by atoms with Crippen molar-refractivity contribution in [2.45, 2.75) is 29.3 Å². The van der Waals surface area contributed by atoms with Gasteiger partial charge in [-0.25, -0.2) is 14.2 Å². The second kappa shape index (κ2) is 10.3. The highest BCUT2D eigenvalue weighted by Gasteiger charge is 2.29. The van der Waals surface area contributed by atoms with Gasteiger partial charge in [-0.05, 0) is 52.9 Å². The van der Waals surface area contributed by atoms with Gasteiger partial charge >= 0.3 is 6.09 Å². The first-order chi connectivity index (χ1) is 17.6. The topological polar surface area (TPSA) is 68.3 Å². The van der Waals surface area contributed by atoms with Gasteiger partial charge in [-0.1, -0.05) is 66.4 Å². The number of carbonyl (C=O) groups excluding carboxylic acids is 2. The number of amides is 1. The summed E-state index contributed by atoms with van der Waals surface area (Å²) in [6, 6.07) is 23.0. The molecule has 4 aromatic rings. The Morgan fingerprint density at radius 3 is 2.42 bits per heavy atom. The Kier molecular flexibility index (Phi) is 6.82. The molecule has 0 spiro atoms. The minimum Gasteiger partial charge on any atom is -0.449 e. The number of nitrogens with one attached hydrogen (secondary N) is 1. The van der Waals surface area contributed by atoms with Gasteiger partial charge in [0.15, 0.2) is 6.29 Å². The smallest absolute Gasteiger partial charge is 0.407 e. The van der Waals surface area contributed by atoms with Crippen molar-refractivity contribution in [3.05, 3.63) is 113 Å². The number of aldehydes is 1. The van der Waals surface area contributed by atoms with Crippen LogP contribution in [0.25, 0.3) is 11.1 Å². The van der Waals surface area contributed by atoms with E-state index in [-0.39, 0.29) is 19.1 Å². The standard InChI is InChI=1S/C29H23FN2O3S/c1-18-12-13-26(36-28-19(16-33)7-6-14-31-28)24(27(18)30)15-32-29(34)35-17-25-22-10-4-2-8-20(22)21-9-3-5-11-23(21)25/h2-14,16,25H,15,17H2,1H3,(H,32,34). The van der Waals surface area contributed by atoms with Crippen LogP contribution in [0.15, 0.2) is 88.9 Å². The summed E-state index contributed by atoms with van der Waals surface area (Å²) >= 11 is 1.18. The van der Waals surface area contributed by atoms with Gasteiger partial charge < -0.3 is 10.1 Å². The van der Waals surface area contributed by atoms with E-state index in [1.807, 2.05) is 24.3 Å². The molecule has 1 aliphatic carbocycles. The van der Waals surface area contributed by atoms with E-state index in [0.29, 0.717) is 32.9 Å². The van der Waals surface area contributed by atoms with E-state index in [2.05, 4.69) is 34.6 Å². The molecule has 1 aromatic heterocycles. The third-order valence-corrected chi connectivity index (χ3v) is 7.42. The van der Waals surface area contributed by atoms with Crippen LogP contribution in [0.2, 0.25) is 0 Å². The van der Waals surface area contributed by atoms with Crippen molar-refractivity contribution >= 4 is 24.1 Å². The van der Waals surface area contributed by atoms with Crippen LogP contribution in [0.5, 0.6) is 0 Å². The monoisotopic (exact) mass is 498 g/mol. The summed E-state index contributed by atoms with van der Waals surface area (Å²) in [5.74, 6) is -0.474. The van der Waals surface area contributed by atoms with Crippen molar-refractivity contribution in [3.63, 3.8) is 0 Å². The van der Waals surface area contributed by atoms with Gasteiger partial charge in [0.05, 0.1) is 6.54 Å². The fourth-order valence-corrected chi connectivity index (χ4v) is 5.45. The van der Waals surface area contributed by atoms with Crippen molar-refractivity contribution in [2.75, 3.05) is 6.61 Å². The third-order valence-electron chi connectivity index (χ3n) is 6.28. The number of carbonyl (C=O) groups is 2. The molecule has 0 fully saturated rings. The molecule has 0 bridgehead atoms. The van der Waals surface area contributed by atoms with Gasteiger partial charge in [0.1, 0.15) is 17.5 Å². The number of ether oxygens (including phenoxy) is 1. The average molecular weight is 499 g/mol. The molecule has 1 aliphatic rings. The highest BCUT2D eigenvalue weighted by Crippen LogP contribution is 2.44. The summed E-state index contributed by atoms with van der Waals surface area (Å²) in [5.41, 5.74) is 5.73. The lowest BCUT2D eigenvalue weighted by Gasteiger charge is -2.16. The maximum Gasteiger partial charge on any atom is 0.407 e. The second-order valence-corrected chi connectivity index (χ2v) is 9.50. The molecule has 0 atom stereocenters. The Balaban J connectivity index is 1.29. The molecular weight excluding hydrogens is 475 g/mol. The highest BCUT2D eigenvalue weighted by atomic mass is 32.2. The second-order valence-electron chi connectivity index (χ2n) is 8.47. The Labute approximate surface area is 212 Å². The molecule has 3 aromatic carbocycles. The number of nitrogens with zero attached hydrogens (tertiary/aromatic N) is 1. The minimum absolute atomic E-state index is 0.0594. The number of hydrogen-bond acceptors (Lipinski definition) is 5. The molecule has 1 N–H and O–H groups in total. The number of benzene rings is 3. The largest absolute Gasteiger partial charge is 0.449 e. The summed E-state index contributed by atoms with van der Waals surface area (Å²) in [7, 11) is 0. The number of fused-ring (bicyclic) bond motifs is 3. The van der Waals surface area contributed by atoms with Crippen LogP contribution in [0.1, 0.15) is 38.5 Å². The van der Waals surface area contributed by atoms with E-state index in [4.69, 9.17) is 4.74 Å². The molecule has 180 valence electrons. The predicted octanol–water partition coefficient (Wildman–Crippen LogP) is 6.53. The quantitative estimate of drug-likeness (QED) is 0.293. The molecule has 5 nitrogen and oxygen atoms in total. The van der Waals surface area contributed by atoms with Gasteiger partial charge in [-0.2, -0.15) is 0 Å². The van der Waals surface area contributed by atoms with Crippen LogP contribution in [-0.4, -0.2) is 24.0 Å². The van der Waals surface area contributed by atoms with E-state index >= 15 is 4.39 Å². The Morgan fingerprint density at radius 2 is 1.72 bits per heavy atom. The number of rotatable bonds is 7. The van der Waals surface area contributed by atoms with Crippen LogP contribution >= 0.6 is 11.8 Å². The number of aromatic nitrogens is 1. The molecule has 0 saturated carbocycles. The van der Waals surface area contributed by atoms with Gasteiger partial charge in [0.2, 0.25) is 0 Å². The lowest BCUT2D eigenvalue weighted by Crippen LogP contribution is -2.26. The zero-order chi connectivity index (χ0) is 25.1. The summed E-state index contributed by atoms with van der Waals surface area (Å²) in [6.07, 6.45) is 1.67. The van der Waals surface area contributed by atoms with Gasteiger partial charge in [-0.3, -0.25) is 4.79 Å². The molecule has 1 heterocycles. The van der Waals surface area contributed by atoms with Gasteiger partial charge in [0.25, 0.3) is 0 Å². The van der Waals surface area contributed by atoms with Crippen molar-refractivity contribution in [1.29, 1.82) is 0 Å². The number of hydrogen-bond donors (Lipinski definition) is 1. The molecule has 7 heteroatoms. The summed E-state index contributed by atoms with van der Waals surface area (Å²) in [4.78, 5) is 28.8. The third kappa shape index (κ3) is 4.62. The van der Waals surface area contributed by atoms with Crippen LogP contribution in [0, 0.1) is 12.7 Å². The first-order valence-electron chi connectivity index (χ1n) is 11.5. The van der Waals surface area contributed by atoms with E-state index < -0.39 is 11.9 Å². The Bertz CT molecular complexity index is 1410. The number of alkyl carbamates (subject to hydrolysis) is 1. The van der Waals surface area contributed by atoms with Crippen molar-refractivity contribution < 1.29 is 18.7 Å². The minimum atomic E-state index is -0.625. The molecule has 5 rings (SSSR count). The van der Waals surface area contributed by atoms with Gasteiger partial charge in [-0.15, -0.1) is 0 Å². The SMILES string of the molecule is Cc1ccc(Sc2ncccc2C=O)c(CNC(=O)OCC2c3ccccc3-c3ccccc32)c1F. The van der Waals surface area contributed by atoms with E-state index in [1.54, 1.807) is 37.4 Å². The van der Waals surface area contributed by atoms with Crippen LogP contribution in [-0.2, 0) is 11.3 Å². The van der Waals surface area contributed by atoms with E-state index in [1.165, 1.54) is 11.8 Å². The summed E-state index contributed by atoms with van der Waals surface area (Å²) in [6.45, 7) is 1.78. The molecule has 0 aliphatic heterocycles. The molecular formula is C29H23FN2O3S. The lowest BCUT2D eigenvalue weighted by atomic mass is 9.98. The zero-order valence-electron chi connectivity index (χ0n) is 19.5. The number of halogens is 1. The normalized spacial score (nSPS) is 12.1. The van der Waals surface area contributed by atoms with E-state index in [9.17, 15) is 9.59 Å². The maximum absolute atomic E-state index is 15.1. The lowest BCUT2D eigenvalue weighted by molar-refractivity contribution is 0.112. The van der Waals surface area contributed by atoms with Crippen LogP contribution in [0.3, 0.4) is 0 Å². The number of pyridine rings is 1. The molecule has 36 heavy (non-hydrogen) atoms. The Morgan fingerprint density at radius 1 is 1.03 bits per heavy atom. The van der Waals surface area contributed by atoms with E-state index in [0.717, 1.165) is 22.3 Å². The van der Waals surface area contributed by atoms with Crippen LogP contribution < -0.4 is 5.32 Å². The first kappa shape index (κ1) is 23.8. The molecule has 1 amide bonds. The number of aryl methyl sites for hydroxylation is 1. The highest BCUT2D eigenvalue weighted by molar-refractivity contribution is 7.99. The maximum atomic E-state index is 15.1. The Hall–Kier alpha value is -3.97. The first-order valence-corrected chi connectivity index (χ1v) is 12.3. The summed E-state index contributed by atoms with van der Waals surface area (Å²) in [5, 5.41) is 3.16. The van der Waals surface area contributed by atoms with Crippen molar-refractivity contribution in [2.24, 2.45) is 0 Å². The predicted molar refractivity (Wildman–Crippen MR) is 137 cm³/mol.